The van der Waals surface area contributed by atoms with Gasteiger partial charge in [-0.3, -0.25) is 0 Å². The number of nitrogens with one attached hydrogen (secondary N) is 1. The predicted molar refractivity (Wildman–Crippen MR) is 79.8 cm³/mol. The van der Waals surface area contributed by atoms with E-state index < -0.39 is 0 Å². The van der Waals surface area contributed by atoms with Crippen molar-refractivity contribution in [1.29, 1.82) is 0 Å². The highest BCUT2D eigenvalue weighted by molar-refractivity contribution is 6.35. The molecule has 2 aromatic rings. The van der Waals surface area contributed by atoms with Crippen molar-refractivity contribution in [3.63, 3.8) is 0 Å². The lowest BCUT2D eigenvalue weighted by molar-refractivity contribution is 0.665. The molecule has 2 rings (SSSR count). The minimum absolute atomic E-state index is 0.656. The number of imidazole rings is 1. The molecule has 0 saturated heterocycles. The Morgan fingerprint density at radius 2 is 2.16 bits per heavy atom. The molecule has 0 spiro atoms. The van der Waals surface area contributed by atoms with Crippen LogP contribution in [0, 0.1) is 0 Å². The van der Waals surface area contributed by atoms with Crippen LogP contribution >= 0.6 is 23.2 Å². The van der Waals surface area contributed by atoms with Gasteiger partial charge in [-0.05, 0) is 30.7 Å². The second-order valence-corrected chi connectivity index (χ2v) is 5.29. The zero-order valence-corrected chi connectivity index (χ0v) is 12.4. The average molecular weight is 298 g/mol. The van der Waals surface area contributed by atoms with Crippen molar-refractivity contribution in [3.8, 4) is 0 Å². The van der Waals surface area contributed by atoms with Gasteiger partial charge >= 0.3 is 0 Å². The fourth-order valence-electron chi connectivity index (χ4n) is 1.82. The van der Waals surface area contributed by atoms with Crippen molar-refractivity contribution in [2.45, 2.75) is 26.4 Å². The van der Waals surface area contributed by atoms with Gasteiger partial charge < -0.3 is 9.88 Å². The van der Waals surface area contributed by atoms with Crippen LogP contribution in [0.15, 0.2) is 30.7 Å². The minimum atomic E-state index is 0.656. The SMILES string of the molecule is CCCNCc1cn(Cc2ccc(Cl)cc2Cl)cn1. The van der Waals surface area contributed by atoms with Gasteiger partial charge in [-0.15, -0.1) is 0 Å². The molecule has 0 saturated carbocycles. The van der Waals surface area contributed by atoms with Gasteiger partial charge in [0.15, 0.2) is 0 Å². The maximum Gasteiger partial charge on any atom is 0.0953 e. The number of halogens is 2. The molecule has 102 valence electrons. The van der Waals surface area contributed by atoms with Crippen LogP contribution in [0.1, 0.15) is 24.6 Å². The number of nitrogens with zero attached hydrogens (tertiary/aromatic N) is 2. The average Bonchev–Trinajstić information content (AvgIpc) is 2.81. The van der Waals surface area contributed by atoms with Gasteiger partial charge in [-0.1, -0.05) is 36.2 Å². The summed E-state index contributed by atoms with van der Waals surface area (Å²) >= 11 is 12.0. The molecule has 1 N–H and O–H groups in total. The van der Waals surface area contributed by atoms with E-state index in [1.165, 1.54) is 0 Å². The van der Waals surface area contributed by atoms with E-state index in [1.54, 1.807) is 6.07 Å². The fourth-order valence-corrected chi connectivity index (χ4v) is 2.29. The molecule has 0 amide bonds. The molecule has 1 heterocycles. The molecular formula is C14H17Cl2N3. The zero-order valence-electron chi connectivity index (χ0n) is 10.9. The number of rotatable bonds is 6. The van der Waals surface area contributed by atoms with Crippen LogP contribution < -0.4 is 5.32 Å². The van der Waals surface area contributed by atoms with Crippen LogP contribution in [-0.2, 0) is 13.1 Å². The van der Waals surface area contributed by atoms with Crippen LogP contribution in [0.3, 0.4) is 0 Å². The summed E-state index contributed by atoms with van der Waals surface area (Å²) in [5, 5.41) is 4.67. The van der Waals surface area contributed by atoms with Crippen molar-refractivity contribution < 1.29 is 0 Å². The molecule has 0 atom stereocenters. The van der Waals surface area contributed by atoms with Crippen LogP contribution in [0.25, 0.3) is 0 Å². The summed E-state index contributed by atoms with van der Waals surface area (Å²) < 4.78 is 2.03. The van der Waals surface area contributed by atoms with E-state index in [1.807, 2.05) is 29.2 Å². The van der Waals surface area contributed by atoms with Crippen LogP contribution in [-0.4, -0.2) is 16.1 Å². The third kappa shape index (κ3) is 4.23. The Morgan fingerprint density at radius 1 is 1.32 bits per heavy atom. The number of hydrogen-bond donors (Lipinski definition) is 1. The summed E-state index contributed by atoms with van der Waals surface area (Å²) in [4.78, 5) is 4.36. The Balaban J connectivity index is 1.99. The highest BCUT2D eigenvalue weighted by Crippen LogP contribution is 2.21. The highest BCUT2D eigenvalue weighted by atomic mass is 35.5. The Bertz CT molecular complexity index is 537. The molecule has 0 fully saturated rings. The summed E-state index contributed by atoms with van der Waals surface area (Å²) in [5.41, 5.74) is 2.08. The first kappa shape index (κ1) is 14.4. The molecule has 0 bridgehead atoms. The smallest absolute Gasteiger partial charge is 0.0953 e. The lowest BCUT2D eigenvalue weighted by Gasteiger charge is -2.05. The van der Waals surface area contributed by atoms with Gasteiger partial charge in [0.1, 0.15) is 0 Å². The summed E-state index contributed by atoms with van der Waals surface area (Å²) in [6.07, 6.45) is 4.99. The molecule has 1 aromatic heterocycles. The largest absolute Gasteiger partial charge is 0.333 e. The molecule has 0 aliphatic carbocycles. The van der Waals surface area contributed by atoms with E-state index in [4.69, 9.17) is 23.2 Å². The minimum Gasteiger partial charge on any atom is -0.333 e. The first-order valence-corrected chi connectivity index (χ1v) is 7.10. The fraction of sp³-hybridized carbons (Fsp3) is 0.357. The summed E-state index contributed by atoms with van der Waals surface area (Å²) in [6, 6.07) is 5.56. The maximum absolute atomic E-state index is 6.16. The summed E-state index contributed by atoms with van der Waals surface area (Å²) in [6.45, 7) is 4.66. The van der Waals surface area contributed by atoms with E-state index in [0.717, 1.165) is 30.8 Å². The van der Waals surface area contributed by atoms with Gasteiger partial charge in [0.2, 0.25) is 0 Å². The first-order valence-electron chi connectivity index (χ1n) is 6.34. The van der Waals surface area contributed by atoms with Crippen LogP contribution in [0.2, 0.25) is 10.0 Å². The van der Waals surface area contributed by atoms with Crippen molar-refractivity contribution >= 4 is 23.2 Å². The number of hydrogen-bond acceptors (Lipinski definition) is 2. The molecular weight excluding hydrogens is 281 g/mol. The molecule has 0 unspecified atom stereocenters. The normalized spacial score (nSPS) is 10.9. The molecule has 1 aromatic carbocycles. The van der Waals surface area contributed by atoms with Crippen molar-refractivity contribution in [3.05, 3.63) is 52.0 Å². The van der Waals surface area contributed by atoms with Gasteiger partial charge in [0.05, 0.1) is 12.0 Å². The van der Waals surface area contributed by atoms with Gasteiger partial charge in [-0.2, -0.15) is 0 Å². The summed E-state index contributed by atoms with van der Waals surface area (Å²) in [5.74, 6) is 0. The van der Waals surface area contributed by atoms with E-state index >= 15 is 0 Å². The Labute approximate surface area is 123 Å². The zero-order chi connectivity index (χ0) is 13.7. The Morgan fingerprint density at radius 3 is 2.89 bits per heavy atom. The van der Waals surface area contributed by atoms with E-state index in [-0.39, 0.29) is 0 Å². The summed E-state index contributed by atoms with van der Waals surface area (Å²) in [7, 11) is 0. The van der Waals surface area contributed by atoms with Crippen LogP contribution in [0.5, 0.6) is 0 Å². The van der Waals surface area contributed by atoms with Gasteiger partial charge in [-0.25, -0.2) is 4.98 Å². The second-order valence-electron chi connectivity index (χ2n) is 4.45. The van der Waals surface area contributed by atoms with Crippen molar-refractivity contribution in [2.24, 2.45) is 0 Å². The second kappa shape index (κ2) is 6.94. The van der Waals surface area contributed by atoms with Crippen LogP contribution in [0.4, 0.5) is 0 Å². The van der Waals surface area contributed by atoms with Crippen molar-refractivity contribution in [1.82, 2.24) is 14.9 Å². The van der Waals surface area contributed by atoms with Gasteiger partial charge in [0, 0.05) is 29.3 Å². The molecule has 3 nitrogen and oxygen atoms in total. The molecule has 5 heteroatoms. The standard InChI is InChI=1S/C14H17Cl2N3/c1-2-5-17-7-13-9-19(10-18-13)8-11-3-4-12(15)6-14(11)16/h3-4,6,9-10,17H,2,5,7-8H2,1H3. The number of aromatic nitrogens is 2. The topological polar surface area (TPSA) is 29.9 Å². The lowest BCUT2D eigenvalue weighted by atomic mass is 10.2. The highest BCUT2D eigenvalue weighted by Gasteiger charge is 2.04. The Kier molecular flexibility index (Phi) is 5.25. The third-order valence-corrected chi connectivity index (χ3v) is 3.37. The monoisotopic (exact) mass is 297 g/mol. The van der Waals surface area contributed by atoms with Crippen molar-refractivity contribution in [2.75, 3.05) is 6.54 Å². The van der Waals surface area contributed by atoms with E-state index in [2.05, 4.69) is 17.2 Å². The predicted octanol–water partition coefficient (Wildman–Crippen LogP) is 3.74. The molecule has 19 heavy (non-hydrogen) atoms. The van der Waals surface area contributed by atoms with E-state index in [0.29, 0.717) is 16.6 Å². The van der Waals surface area contributed by atoms with Gasteiger partial charge in [0.25, 0.3) is 0 Å². The lowest BCUT2D eigenvalue weighted by Crippen LogP contribution is -2.13. The Hall–Kier alpha value is -1.03. The third-order valence-electron chi connectivity index (χ3n) is 2.79. The first-order chi connectivity index (χ1) is 9.19. The van der Waals surface area contributed by atoms with E-state index in [9.17, 15) is 0 Å². The molecule has 0 aliphatic rings. The quantitative estimate of drug-likeness (QED) is 0.823. The number of benzene rings is 1. The molecule has 0 radical (unpaired) electrons. The maximum atomic E-state index is 6.16. The molecule has 0 aliphatic heterocycles.